The molecule has 0 spiro atoms. The SMILES string of the molecule is CC(F)(CC1CCNCC1)c1ccccc1O. The van der Waals surface area contributed by atoms with Crippen LogP contribution in [0.4, 0.5) is 4.39 Å². The number of nitrogens with one attached hydrogen (secondary N) is 1. The number of para-hydroxylation sites is 1. The lowest BCUT2D eigenvalue weighted by Gasteiger charge is -2.30. The molecule has 0 radical (unpaired) electrons. The van der Waals surface area contributed by atoms with E-state index in [1.54, 1.807) is 31.2 Å². The third-order valence-electron chi connectivity index (χ3n) is 3.60. The summed E-state index contributed by atoms with van der Waals surface area (Å²) in [7, 11) is 0. The van der Waals surface area contributed by atoms with E-state index in [0.29, 0.717) is 17.9 Å². The van der Waals surface area contributed by atoms with Crippen molar-refractivity contribution in [3.8, 4) is 5.75 Å². The highest BCUT2D eigenvalue weighted by molar-refractivity contribution is 5.36. The van der Waals surface area contributed by atoms with Gasteiger partial charge in [0.05, 0.1) is 0 Å². The molecule has 2 N–H and O–H groups in total. The van der Waals surface area contributed by atoms with Gasteiger partial charge in [0, 0.05) is 5.56 Å². The van der Waals surface area contributed by atoms with Crippen LogP contribution in [0.25, 0.3) is 0 Å². The second kappa shape index (κ2) is 5.05. The largest absolute Gasteiger partial charge is 0.508 e. The molecule has 2 nitrogen and oxygen atoms in total. The van der Waals surface area contributed by atoms with Crippen LogP contribution in [0.3, 0.4) is 0 Å². The molecule has 1 fully saturated rings. The van der Waals surface area contributed by atoms with Gasteiger partial charge in [-0.2, -0.15) is 0 Å². The molecule has 1 aliphatic heterocycles. The van der Waals surface area contributed by atoms with Crippen molar-refractivity contribution in [1.82, 2.24) is 5.32 Å². The maximum absolute atomic E-state index is 14.7. The summed E-state index contributed by atoms with van der Waals surface area (Å²) in [4.78, 5) is 0. The topological polar surface area (TPSA) is 32.3 Å². The number of aromatic hydroxyl groups is 1. The molecule has 1 heterocycles. The van der Waals surface area contributed by atoms with Gasteiger partial charge in [-0.25, -0.2) is 4.39 Å². The highest BCUT2D eigenvalue weighted by Gasteiger charge is 2.32. The summed E-state index contributed by atoms with van der Waals surface area (Å²) in [6.07, 6.45) is 2.53. The fourth-order valence-corrected chi connectivity index (χ4v) is 2.65. The van der Waals surface area contributed by atoms with Gasteiger partial charge >= 0.3 is 0 Å². The fourth-order valence-electron chi connectivity index (χ4n) is 2.65. The third-order valence-corrected chi connectivity index (χ3v) is 3.60. The molecule has 1 aromatic rings. The number of piperidine rings is 1. The molecule has 0 bridgehead atoms. The number of phenols is 1. The van der Waals surface area contributed by atoms with Crippen LogP contribution in [0, 0.1) is 5.92 Å². The molecule has 17 heavy (non-hydrogen) atoms. The normalized spacial score (nSPS) is 21.1. The molecule has 1 aliphatic rings. The van der Waals surface area contributed by atoms with E-state index in [9.17, 15) is 9.50 Å². The predicted molar refractivity (Wildman–Crippen MR) is 66.8 cm³/mol. The Hall–Kier alpha value is -1.09. The van der Waals surface area contributed by atoms with Crippen LogP contribution in [-0.4, -0.2) is 18.2 Å². The molecule has 1 saturated heterocycles. The van der Waals surface area contributed by atoms with Gasteiger partial charge in [-0.1, -0.05) is 18.2 Å². The molecule has 1 unspecified atom stereocenters. The second-order valence-electron chi connectivity index (χ2n) is 5.11. The predicted octanol–water partition coefficient (Wildman–Crippen LogP) is 2.97. The first kappa shape index (κ1) is 12.4. The monoisotopic (exact) mass is 237 g/mol. The lowest BCUT2D eigenvalue weighted by Crippen LogP contribution is -2.31. The van der Waals surface area contributed by atoms with Crippen LogP contribution in [0.5, 0.6) is 5.75 Å². The Kier molecular flexibility index (Phi) is 3.67. The molecule has 1 atom stereocenters. The lowest BCUT2D eigenvalue weighted by atomic mass is 9.83. The van der Waals surface area contributed by atoms with Crippen LogP contribution in [-0.2, 0) is 5.67 Å². The van der Waals surface area contributed by atoms with Crippen molar-refractivity contribution >= 4 is 0 Å². The van der Waals surface area contributed by atoms with Crippen LogP contribution < -0.4 is 5.32 Å². The number of phenolic OH excluding ortho intramolecular Hbond substituents is 1. The van der Waals surface area contributed by atoms with Gasteiger partial charge < -0.3 is 10.4 Å². The molecule has 3 heteroatoms. The van der Waals surface area contributed by atoms with E-state index in [-0.39, 0.29) is 5.75 Å². The van der Waals surface area contributed by atoms with Crippen LogP contribution in [0.15, 0.2) is 24.3 Å². The van der Waals surface area contributed by atoms with Crippen LogP contribution in [0.2, 0.25) is 0 Å². The Morgan fingerprint density at radius 3 is 2.65 bits per heavy atom. The molecular formula is C14H20FNO. The number of benzene rings is 1. The van der Waals surface area contributed by atoms with E-state index < -0.39 is 5.67 Å². The summed E-state index contributed by atoms with van der Waals surface area (Å²) < 4.78 is 14.7. The number of rotatable bonds is 3. The van der Waals surface area contributed by atoms with Gasteiger partial charge in [0.2, 0.25) is 0 Å². The first-order valence-electron chi connectivity index (χ1n) is 6.28. The summed E-state index contributed by atoms with van der Waals surface area (Å²) in [6, 6.07) is 6.72. The summed E-state index contributed by atoms with van der Waals surface area (Å²) >= 11 is 0. The molecular weight excluding hydrogens is 217 g/mol. The Morgan fingerprint density at radius 2 is 2.00 bits per heavy atom. The van der Waals surface area contributed by atoms with E-state index >= 15 is 0 Å². The summed E-state index contributed by atoms with van der Waals surface area (Å²) in [5.74, 6) is 0.470. The molecule has 0 saturated carbocycles. The number of halogens is 1. The van der Waals surface area contributed by atoms with Crippen molar-refractivity contribution in [3.63, 3.8) is 0 Å². The van der Waals surface area contributed by atoms with Crippen molar-refractivity contribution in [1.29, 1.82) is 0 Å². The third kappa shape index (κ3) is 2.97. The van der Waals surface area contributed by atoms with Crippen molar-refractivity contribution in [3.05, 3.63) is 29.8 Å². The average molecular weight is 237 g/mol. The van der Waals surface area contributed by atoms with E-state index in [2.05, 4.69) is 5.32 Å². The van der Waals surface area contributed by atoms with Crippen LogP contribution >= 0.6 is 0 Å². The van der Waals surface area contributed by atoms with Gasteiger partial charge in [0.1, 0.15) is 11.4 Å². The summed E-state index contributed by atoms with van der Waals surface area (Å²) in [5, 5.41) is 13.0. The van der Waals surface area contributed by atoms with Crippen molar-refractivity contribution in [2.75, 3.05) is 13.1 Å². The van der Waals surface area contributed by atoms with Gasteiger partial charge in [0.15, 0.2) is 0 Å². The van der Waals surface area contributed by atoms with E-state index in [4.69, 9.17) is 0 Å². The average Bonchev–Trinajstić information content (AvgIpc) is 2.30. The van der Waals surface area contributed by atoms with E-state index in [0.717, 1.165) is 25.9 Å². The molecule has 2 rings (SSSR count). The van der Waals surface area contributed by atoms with Gasteiger partial charge in [-0.15, -0.1) is 0 Å². The Bertz CT molecular complexity index is 372. The minimum absolute atomic E-state index is 0.0615. The zero-order valence-electron chi connectivity index (χ0n) is 10.2. The highest BCUT2D eigenvalue weighted by atomic mass is 19.1. The lowest BCUT2D eigenvalue weighted by molar-refractivity contribution is 0.129. The molecule has 0 aromatic heterocycles. The minimum atomic E-state index is -1.44. The quantitative estimate of drug-likeness (QED) is 0.847. The number of hydrogen-bond donors (Lipinski definition) is 2. The van der Waals surface area contributed by atoms with Crippen molar-refractivity contribution < 1.29 is 9.50 Å². The zero-order chi connectivity index (χ0) is 12.3. The second-order valence-corrected chi connectivity index (χ2v) is 5.11. The number of alkyl halides is 1. The zero-order valence-corrected chi connectivity index (χ0v) is 10.2. The first-order valence-corrected chi connectivity index (χ1v) is 6.28. The fraction of sp³-hybridized carbons (Fsp3) is 0.571. The highest BCUT2D eigenvalue weighted by Crippen LogP contribution is 2.39. The van der Waals surface area contributed by atoms with Crippen molar-refractivity contribution in [2.24, 2.45) is 5.92 Å². The molecule has 0 amide bonds. The van der Waals surface area contributed by atoms with E-state index in [1.807, 2.05) is 0 Å². The number of hydrogen-bond acceptors (Lipinski definition) is 2. The standard InChI is InChI=1S/C14H20FNO/c1-14(15,10-11-6-8-16-9-7-11)12-4-2-3-5-13(12)17/h2-5,11,16-17H,6-10H2,1H3. The Labute approximate surface area is 102 Å². The molecule has 0 aliphatic carbocycles. The molecule has 94 valence electrons. The van der Waals surface area contributed by atoms with Crippen LogP contribution in [0.1, 0.15) is 31.7 Å². The van der Waals surface area contributed by atoms with Gasteiger partial charge in [-0.3, -0.25) is 0 Å². The maximum atomic E-state index is 14.7. The Balaban J connectivity index is 2.10. The molecule has 1 aromatic carbocycles. The minimum Gasteiger partial charge on any atom is -0.508 e. The summed E-state index contributed by atoms with van der Waals surface area (Å²) in [6.45, 7) is 3.52. The van der Waals surface area contributed by atoms with Crippen molar-refractivity contribution in [2.45, 2.75) is 31.9 Å². The van der Waals surface area contributed by atoms with Gasteiger partial charge in [-0.05, 0) is 51.3 Å². The Morgan fingerprint density at radius 1 is 1.35 bits per heavy atom. The maximum Gasteiger partial charge on any atom is 0.137 e. The summed E-state index contributed by atoms with van der Waals surface area (Å²) in [5.41, 5.74) is -1.02. The first-order chi connectivity index (χ1) is 8.09. The van der Waals surface area contributed by atoms with Gasteiger partial charge in [0.25, 0.3) is 0 Å². The van der Waals surface area contributed by atoms with E-state index in [1.165, 1.54) is 0 Å². The smallest absolute Gasteiger partial charge is 0.137 e.